The quantitative estimate of drug-likeness (QED) is 0.555. The Bertz CT molecular complexity index is 1080. The SMILES string of the molecule is Cc1ccc(C(=O)N2CCN(c3ccc([N+](=O)[O-])c(S(C)(=O)=O)c3)CC2)cc1F. The van der Waals surface area contributed by atoms with Gasteiger partial charge >= 0.3 is 0 Å². The molecule has 1 saturated heterocycles. The molecule has 2 aromatic carbocycles. The molecule has 2 aromatic rings. The van der Waals surface area contributed by atoms with Gasteiger partial charge in [0.15, 0.2) is 9.84 Å². The molecule has 1 amide bonds. The summed E-state index contributed by atoms with van der Waals surface area (Å²) >= 11 is 0. The van der Waals surface area contributed by atoms with Crippen LogP contribution in [0.3, 0.4) is 0 Å². The summed E-state index contributed by atoms with van der Waals surface area (Å²) in [7, 11) is -3.78. The minimum Gasteiger partial charge on any atom is -0.368 e. The van der Waals surface area contributed by atoms with E-state index in [-0.39, 0.29) is 16.4 Å². The minimum absolute atomic E-state index is 0.274. The summed E-state index contributed by atoms with van der Waals surface area (Å²) < 4.78 is 37.6. The van der Waals surface area contributed by atoms with Gasteiger partial charge in [0.2, 0.25) is 0 Å². The van der Waals surface area contributed by atoms with Crippen molar-refractivity contribution in [1.29, 1.82) is 0 Å². The average Bonchev–Trinajstić information content (AvgIpc) is 2.68. The molecule has 1 aliphatic heterocycles. The Morgan fingerprint density at radius 3 is 2.31 bits per heavy atom. The number of sulfone groups is 1. The van der Waals surface area contributed by atoms with Crippen molar-refractivity contribution in [3.05, 3.63) is 63.5 Å². The van der Waals surface area contributed by atoms with E-state index in [2.05, 4.69) is 0 Å². The third kappa shape index (κ3) is 4.37. The van der Waals surface area contributed by atoms with Crippen LogP contribution in [-0.4, -0.2) is 56.6 Å². The zero-order valence-corrected chi connectivity index (χ0v) is 16.8. The number of carbonyl (C=O) groups excluding carboxylic acids is 1. The molecule has 29 heavy (non-hydrogen) atoms. The zero-order chi connectivity index (χ0) is 21.3. The lowest BCUT2D eigenvalue weighted by Gasteiger charge is -2.36. The molecule has 0 bridgehead atoms. The maximum Gasteiger partial charge on any atom is 0.288 e. The van der Waals surface area contributed by atoms with Crippen molar-refractivity contribution in [3.63, 3.8) is 0 Å². The highest BCUT2D eigenvalue weighted by Gasteiger charge is 2.26. The maximum atomic E-state index is 13.7. The molecule has 0 spiro atoms. The monoisotopic (exact) mass is 421 g/mol. The molecule has 0 N–H and O–H groups in total. The Hall–Kier alpha value is -3.01. The number of carbonyl (C=O) groups is 1. The molecule has 0 aliphatic carbocycles. The number of amides is 1. The molecular weight excluding hydrogens is 401 g/mol. The number of anilines is 1. The number of rotatable bonds is 4. The predicted molar refractivity (Wildman–Crippen MR) is 105 cm³/mol. The molecule has 10 heteroatoms. The van der Waals surface area contributed by atoms with Crippen LogP contribution in [0.25, 0.3) is 0 Å². The molecule has 0 aromatic heterocycles. The molecule has 8 nitrogen and oxygen atoms in total. The smallest absolute Gasteiger partial charge is 0.288 e. The molecule has 0 atom stereocenters. The summed E-state index contributed by atoms with van der Waals surface area (Å²) in [5.74, 6) is -0.710. The lowest BCUT2D eigenvalue weighted by Crippen LogP contribution is -2.48. The van der Waals surface area contributed by atoms with Gasteiger partial charge in [-0.1, -0.05) is 6.07 Å². The van der Waals surface area contributed by atoms with E-state index < -0.39 is 26.3 Å². The van der Waals surface area contributed by atoms with Crippen molar-refractivity contribution >= 4 is 27.1 Å². The number of hydrogen-bond acceptors (Lipinski definition) is 6. The van der Waals surface area contributed by atoms with E-state index in [4.69, 9.17) is 0 Å². The Kier molecular flexibility index (Phi) is 5.56. The van der Waals surface area contributed by atoms with E-state index >= 15 is 0 Å². The summed E-state index contributed by atoms with van der Waals surface area (Å²) in [5.41, 5.74) is 0.804. The molecule has 154 valence electrons. The van der Waals surface area contributed by atoms with Crippen LogP contribution in [0.5, 0.6) is 0 Å². The van der Waals surface area contributed by atoms with Crippen molar-refractivity contribution in [1.82, 2.24) is 4.90 Å². The van der Waals surface area contributed by atoms with Crippen LogP contribution in [0.2, 0.25) is 0 Å². The van der Waals surface area contributed by atoms with Gasteiger partial charge in [-0.05, 0) is 36.8 Å². The summed E-state index contributed by atoms with van der Waals surface area (Å²) in [4.78, 5) is 26.1. The highest BCUT2D eigenvalue weighted by molar-refractivity contribution is 7.90. The topological polar surface area (TPSA) is 101 Å². The molecule has 3 rings (SSSR count). The second kappa shape index (κ2) is 7.78. The minimum atomic E-state index is -3.78. The van der Waals surface area contributed by atoms with Crippen LogP contribution in [0, 0.1) is 22.9 Å². The second-order valence-electron chi connectivity index (χ2n) is 6.92. The molecule has 1 aliphatic rings. The van der Waals surface area contributed by atoms with E-state index in [0.717, 1.165) is 6.26 Å². The second-order valence-corrected chi connectivity index (χ2v) is 8.91. The third-order valence-corrected chi connectivity index (χ3v) is 6.02. The van der Waals surface area contributed by atoms with Gasteiger partial charge in [-0.3, -0.25) is 14.9 Å². The first-order chi connectivity index (χ1) is 13.6. The van der Waals surface area contributed by atoms with Crippen molar-refractivity contribution in [3.8, 4) is 0 Å². The van der Waals surface area contributed by atoms with Crippen LogP contribution in [0.1, 0.15) is 15.9 Å². The first-order valence-electron chi connectivity index (χ1n) is 8.87. The normalized spacial score (nSPS) is 14.7. The van der Waals surface area contributed by atoms with E-state index in [9.17, 15) is 27.7 Å². The van der Waals surface area contributed by atoms with Crippen LogP contribution >= 0.6 is 0 Å². The zero-order valence-electron chi connectivity index (χ0n) is 16.0. The summed E-state index contributed by atoms with van der Waals surface area (Å²) in [5, 5.41) is 11.1. The highest BCUT2D eigenvalue weighted by atomic mass is 32.2. The van der Waals surface area contributed by atoms with Gasteiger partial charge in [0.25, 0.3) is 11.6 Å². The number of piperazine rings is 1. The van der Waals surface area contributed by atoms with Crippen LogP contribution in [0.4, 0.5) is 15.8 Å². The average molecular weight is 421 g/mol. The fraction of sp³-hybridized carbons (Fsp3) is 0.316. The number of nitro groups is 1. The van der Waals surface area contributed by atoms with Crippen molar-refractivity contribution in [2.75, 3.05) is 37.3 Å². The predicted octanol–water partition coefficient (Wildman–Crippen LogP) is 2.41. The van der Waals surface area contributed by atoms with E-state index in [1.165, 1.54) is 24.3 Å². The van der Waals surface area contributed by atoms with E-state index in [0.29, 0.717) is 37.4 Å². The lowest BCUT2D eigenvalue weighted by molar-refractivity contribution is -0.387. The summed E-state index contributed by atoms with van der Waals surface area (Å²) in [6, 6.07) is 8.33. The number of hydrogen-bond donors (Lipinski definition) is 0. The Labute approximate surface area is 167 Å². The first-order valence-corrected chi connectivity index (χ1v) is 10.8. The van der Waals surface area contributed by atoms with Gasteiger partial charge < -0.3 is 9.80 Å². The molecule has 0 unspecified atom stereocenters. The van der Waals surface area contributed by atoms with Crippen LogP contribution in [0.15, 0.2) is 41.3 Å². The van der Waals surface area contributed by atoms with E-state index in [1.807, 2.05) is 4.90 Å². The molecule has 0 radical (unpaired) electrons. The number of aryl methyl sites for hydroxylation is 1. The number of nitrogens with zero attached hydrogens (tertiary/aromatic N) is 3. The molecule has 1 fully saturated rings. The fourth-order valence-electron chi connectivity index (χ4n) is 3.22. The lowest BCUT2D eigenvalue weighted by atomic mass is 10.1. The fourth-order valence-corrected chi connectivity index (χ4v) is 4.08. The van der Waals surface area contributed by atoms with Gasteiger partial charge in [-0.25, -0.2) is 12.8 Å². The van der Waals surface area contributed by atoms with Crippen LogP contribution < -0.4 is 4.90 Å². The van der Waals surface area contributed by atoms with Gasteiger partial charge in [-0.2, -0.15) is 0 Å². The Morgan fingerprint density at radius 2 is 1.76 bits per heavy atom. The van der Waals surface area contributed by atoms with Gasteiger partial charge in [-0.15, -0.1) is 0 Å². The Balaban J connectivity index is 1.76. The van der Waals surface area contributed by atoms with Crippen LogP contribution in [-0.2, 0) is 9.84 Å². The number of nitro benzene ring substituents is 1. The maximum absolute atomic E-state index is 13.7. The van der Waals surface area contributed by atoms with Crippen molar-refractivity contribution in [2.45, 2.75) is 11.8 Å². The standard InChI is InChI=1S/C19H20FN3O5S/c1-13-3-4-14(11-16(13)20)19(24)22-9-7-21(8-10-22)15-5-6-17(23(25)26)18(12-15)29(2,27)28/h3-6,11-12H,7-10H2,1-2H3. The summed E-state index contributed by atoms with van der Waals surface area (Å²) in [6.07, 6.45) is 0.927. The number of halogens is 1. The largest absolute Gasteiger partial charge is 0.368 e. The Morgan fingerprint density at radius 1 is 1.10 bits per heavy atom. The van der Waals surface area contributed by atoms with Crippen molar-refractivity contribution in [2.24, 2.45) is 0 Å². The van der Waals surface area contributed by atoms with Gasteiger partial charge in [0.1, 0.15) is 10.7 Å². The van der Waals surface area contributed by atoms with E-state index in [1.54, 1.807) is 24.0 Å². The van der Waals surface area contributed by atoms with Gasteiger partial charge in [0, 0.05) is 49.8 Å². The molecular formula is C19H20FN3O5S. The van der Waals surface area contributed by atoms with Crippen molar-refractivity contribution < 1.29 is 22.5 Å². The summed E-state index contributed by atoms with van der Waals surface area (Å²) in [6.45, 7) is 3.18. The molecule has 0 saturated carbocycles. The first kappa shape index (κ1) is 20.7. The number of benzene rings is 2. The highest BCUT2D eigenvalue weighted by Crippen LogP contribution is 2.29. The third-order valence-electron chi connectivity index (χ3n) is 4.89. The molecule has 1 heterocycles. The van der Waals surface area contributed by atoms with Gasteiger partial charge in [0.05, 0.1) is 4.92 Å².